The van der Waals surface area contributed by atoms with Gasteiger partial charge < -0.3 is 5.32 Å². The Bertz CT molecular complexity index is 523. The highest BCUT2D eigenvalue weighted by Crippen LogP contribution is 2.11. The molecule has 1 N–H and O–H groups in total. The molecular weight excluding hydrogens is 236 g/mol. The van der Waals surface area contributed by atoms with Gasteiger partial charge in [-0.25, -0.2) is 8.78 Å². The lowest BCUT2D eigenvalue weighted by Gasteiger charge is -2.03. The minimum Gasteiger partial charge on any atom is -0.313 e. The molecular formula is C13H15F2N3. The number of hydrogen-bond acceptors (Lipinski definition) is 2. The van der Waals surface area contributed by atoms with Crippen LogP contribution in [-0.2, 0) is 13.1 Å². The van der Waals surface area contributed by atoms with Crippen LogP contribution in [0.25, 0.3) is 0 Å². The summed E-state index contributed by atoms with van der Waals surface area (Å²) in [6.07, 6.45) is 3.59. The number of halogens is 2. The van der Waals surface area contributed by atoms with Crippen LogP contribution in [0.15, 0.2) is 30.6 Å². The SMILES string of the molecule is CCNCc1cnn(Cc2ccc(F)cc2F)c1. The van der Waals surface area contributed by atoms with E-state index >= 15 is 0 Å². The van der Waals surface area contributed by atoms with E-state index in [0.29, 0.717) is 12.1 Å². The highest BCUT2D eigenvalue weighted by Gasteiger charge is 2.05. The summed E-state index contributed by atoms with van der Waals surface area (Å²) < 4.78 is 27.9. The fourth-order valence-electron chi connectivity index (χ4n) is 1.68. The van der Waals surface area contributed by atoms with Crippen molar-refractivity contribution in [2.45, 2.75) is 20.0 Å². The fourth-order valence-corrected chi connectivity index (χ4v) is 1.68. The van der Waals surface area contributed by atoms with Crippen molar-refractivity contribution in [2.24, 2.45) is 0 Å². The molecule has 1 heterocycles. The second kappa shape index (κ2) is 5.73. The number of rotatable bonds is 5. The van der Waals surface area contributed by atoms with E-state index in [9.17, 15) is 8.78 Å². The van der Waals surface area contributed by atoms with Crippen LogP contribution in [0.5, 0.6) is 0 Å². The maximum Gasteiger partial charge on any atom is 0.131 e. The molecule has 1 aromatic carbocycles. The average molecular weight is 251 g/mol. The Labute approximate surface area is 104 Å². The molecule has 0 unspecified atom stereocenters. The van der Waals surface area contributed by atoms with Gasteiger partial charge in [0.15, 0.2) is 0 Å². The molecule has 0 atom stereocenters. The number of hydrogen-bond donors (Lipinski definition) is 1. The quantitative estimate of drug-likeness (QED) is 0.883. The van der Waals surface area contributed by atoms with Crippen LogP contribution in [0, 0.1) is 11.6 Å². The van der Waals surface area contributed by atoms with E-state index in [0.717, 1.165) is 24.7 Å². The zero-order valence-corrected chi connectivity index (χ0v) is 10.2. The Kier molecular flexibility index (Phi) is 4.04. The first kappa shape index (κ1) is 12.7. The summed E-state index contributed by atoms with van der Waals surface area (Å²) in [6.45, 7) is 3.96. The first-order valence-electron chi connectivity index (χ1n) is 5.85. The summed E-state index contributed by atoms with van der Waals surface area (Å²) in [7, 11) is 0. The van der Waals surface area contributed by atoms with Gasteiger partial charge in [-0.2, -0.15) is 5.10 Å². The lowest BCUT2D eigenvalue weighted by Crippen LogP contribution is -2.11. The third-order valence-electron chi connectivity index (χ3n) is 2.61. The van der Waals surface area contributed by atoms with Crippen molar-refractivity contribution in [2.75, 3.05) is 6.54 Å². The molecule has 96 valence electrons. The topological polar surface area (TPSA) is 29.9 Å². The van der Waals surface area contributed by atoms with Crippen LogP contribution in [0.1, 0.15) is 18.1 Å². The minimum atomic E-state index is -0.565. The Morgan fingerprint density at radius 2 is 2.17 bits per heavy atom. The smallest absolute Gasteiger partial charge is 0.131 e. The molecule has 0 aliphatic rings. The van der Waals surface area contributed by atoms with Crippen LogP contribution >= 0.6 is 0 Å². The van der Waals surface area contributed by atoms with Gasteiger partial charge in [-0.3, -0.25) is 4.68 Å². The number of aromatic nitrogens is 2. The van der Waals surface area contributed by atoms with Crippen molar-refractivity contribution in [1.82, 2.24) is 15.1 Å². The third kappa shape index (κ3) is 3.13. The van der Waals surface area contributed by atoms with Gasteiger partial charge in [-0.1, -0.05) is 13.0 Å². The number of benzene rings is 1. The lowest BCUT2D eigenvalue weighted by molar-refractivity contribution is 0.558. The van der Waals surface area contributed by atoms with E-state index in [1.165, 1.54) is 12.1 Å². The Morgan fingerprint density at radius 3 is 2.89 bits per heavy atom. The van der Waals surface area contributed by atoms with Crippen LogP contribution in [0.2, 0.25) is 0 Å². The average Bonchev–Trinajstić information content (AvgIpc) is 2.78. The van der Waals surface area contributed by atoms with Gasteiger partial charge >= 0.3 is 0 Å². The second-order valence-corrected chi connectivity index (χ2v) is 4.06. The first-order valence-corrected chi connectivity index (χ1v) is 5.85. The molecule has 0 spiro atoms. The van der Waals surface area contributed by atoms with Gasteiger partial charge in [0.25, 0.3) is 0 Å². The van der Waals surface area contributed by atoms with E-state index < -0.39 is 11.6 Å². The van der Waals surface area contributed by atoms with Gasteiger partial charge in [0.05, 0.1) is 12.7 Å². The number of nitrogens with one attached hydrogen (secondary N) is 1. The van der Waals surface area contributed by atoms with Gasteiger partial charge in [-0.05, 0) is 12.6 Å². The third-order valence-corrected chi connectivity index (χ3v) is 2.61. The van der Waals surface area contributed by atoms with Crippen molar-refractivity contribution in [3.8, 4) is 0 Å². The Morgan fingerprint density at radius 1 is 1.33 bits per heavy atom. The monoisotopic (exact) mass is 251 g/mol. The van der Waals surface area contributed by atoms with Crippen molar-refractivity contribution >= 4 is 0 Å². The summed E-state index contributed by atoms with van der Waals surface area (Å²) in [5, 5.41) is 7.33. The van der Waals surface area contributed by atoms with Gasteiger partial charge in [0.1, 0.15) is 11.6 Å². The Hall–Kier alpha value is -1.75. The van der Waals surface area contributed by atoms with Crippen molar-refractivity contribution < 1.29 is 8.78 Å². The molecule has 2 rings (SSSR count). The zero-order chi connectivity index (χ0) is 13.0. The van der Waals surface area contributed by atoms with Crippen LogP contribution in [-0.4, -0.2) is 16.3 Å². The fraction of sp³-hybridized carbons (Fsp3) is 0.308. The summed E-state index contributed by atoms with van der Waals surface area (Å²) in [5.41, 5.74) is 1.47. The second-order valence-electron chi connectivity index (χ2n) is 4.06. The van der Waals surface area contributed by atoms with Crippen molar-refractivity contribution in [3.05, 3.63) is 53.4 Å². The summed E-state index contributed by atoms with van der Waals surface area (Å²) in [4.78, 5) is 0. The predicted molar refractivity (Wildman–Crippen MR) is 65.1 cm³/mol. The van der Waals surface area contributed by atoms with E-state index in [1.54, 1.807) is 10.9 Å². The summed E-state index contributed by atoms with van der Waals surface area (Å²) in [6, 6.07) is 3.58. The first-order chi connectivity index (χ1) is 8.69. The molecule has 5 heteroatoms. The maximum absolute atomic E-state index is 13.5. The molecule has 0 fully saturated rings. The van der Waals surface area contributed by atoms with Crippen LogP contribution < -0.4 is 5.32 Å². The van der Waals surface area contributed by atoms with E-state index in [2.05, 4.69) is 10.4 Å². The Balaban J connectivity index is 2.06. The molecule has 0 saturated carbocycles. The normalized spacial score (nSPS) is 10.8. The van der Waals surface area contributed by atoms with Crippen LogP contribution in [0.4, 0.5) is 8.78 Å². The standard InChI is InChI=1S/C13H15F2N3/c1-2-16-6-10-7-17-18(8-10)9-11-3-4-12(14)5-13(11)15/h3-5,7-8,16H,2,6,9H2,1H3. The highest BCUT2D eigenvalue weighted by molar-refractivity contribution is 5.19. The molecule has 0 saturated heterocycles. The summed E-state index contributed by atoms with van der Waals surface area (Å²) in [5.74, 6) is -1.11. The predicted octanol–water partition coefficient (Wildman–Crippen LogP) is 2.32. The zero-order valence-electron chi connectivity index (χ0n) is 10.2. The van der Waals surface area contributed by atoms with Gasteiger partial charge in [0, 0.05) is 29.9 Å². The summed E-state index contributed by atoms with van der Waals surface area (Å²) >= 11 is 0. The molecule has 0 aliphatic carbocycles. The van der Waals surface area contributed by atoms with E-state index in [-0.39, 0.29) is 0 Å². The van der Waals surface area contributed by atoms with Crippen molar-refractivity contribution in [3.63, 3.8) is 0 Å². The molecule has 2 aromatic rings. The van der Waals surface area contributed by atoms with E-state index in [4.69, 9.17) is 0 Å². The largest absolute Gasteiger partial charge is 0.313 e. The van der Waals surface area contributed by atoms with Crippen molar-refractivity contribution in [1.29, 1.82) is 0 Å². The molecule has 0 bridgehead atoms. The molecule has 1 aromatic heterocycles. The lowest BCUT2D eigenvalue weighted by atomic mass is 10.2. The van der Waals surface area contributed by atoms with Gasteiger partial charge in [0.2, 0.25) is 0 Å². The van der Waals surface area contributed by atoms with Crippen LogP contribution in [0.3, 0.4) is 0 Å². The maximum atomic E-state index is 13.5. The molecule has 0 aliphatic heterocycles. The number of nitrogens with zero attached hydrogens (tertiary/aromatic N) is 2. The van der Waals surface area contributed by atoms with E-state index in [1.807, 2.05) is 13.1 Å². The molecule has 18 heavy (non-hydrogen) atoms. The molecule has 3 nitrogen and oxygen atoms in total. The van der Waals surface area contributed by atoms with Gasteiger partial charge in [-0.15, -0.1) is 0 Å². The molecule has 0 amide bonds. The molecule has 0 radical (unpaired) electrons. The highest BCUT2D eigenvalue weighted by atomic mass is 19.1. The minimum absolute atomic E-state index is 0.304.